The SMILES string of the molecule is Cc1nn(C2CCS(=O)(=O)C2)c2nc(-c3ccccc3)cc(C(=O)Nc3cc(Cl)ccc3Cl)c12. The quantitative estimate of drug-likeness (QED) is 0.397. The Hall–Kier alpha value is -2.94. The van der Waals surface area contributed by atoms with Gasteiger partial charge in [-0.25, -0.2) is 18.1 Å². The normalized spacial score (nSPS) is 17.2. The first kappa shape index (κ1) is 22.8. The fourth-order valence-electron chi connectivity index (χ4n) is 4.25. The summed E-state index contributed by atoms with van der Waals surface area (Å²) in [5.74, 6) is -0.285. The Morgan fingerprint density at radius 3 is 2.59 bits per heavy atom. The Balaban J connectivity index is 1.68. The molecule has 0 saturated carbocycles. The Labute approximate surface area is 206 Å². The Bertz CT molecular complexity index is 1540. The summed E-state index contributed by atoms with van der Waals surface area (Å²) in [6.07, 6.45) is 0.454. The molecule has 1 amide bonds. The van der Waals surface area contributed by atoms with E-state index in [0.717, 1.165) is 5.56 Å². The van der Waals surface area contributed by atoms with Crippen LogP contribution in [-0.2, 0) is 9.84 Å². The molecule has 7 nitrogen and oxygen atoms in total. The van der Waals surface area contributed by atoms with Gasteiger partial charge in [0.1, 0.15) is 0 Å². The number of hydrogen-bond acceptors (Lipinski definition) is 5. The van der Waals surface area contributed by atoms with E-state index >= 15 is 0 Å². The van der Waals surface area contributed by atoms with Crippen LogP contribution in [0.15, 0.2) is 54.6 Å². The minimum atomic E-state index is -3.14. The van der Waals surface area contributed by atoms with Crippen molar-refractivity contribution in [2.75, 3.05) is 16.8 Å². The molecule has 0 radical (unpaired) electrons. The number of amides is 1. The maximum atomic E-state index is 13.5. The Morgan fingerprint density at radius 2 is 1.88 bits per heavy atom. The second-order valence-corrected chi connectivity index (χ2v) is 11.4. The van der Waals surface area contributed by atoms with Gasteiger partial charge in [0.05, 0.1) is 50.6 Å². The van der Waals surface area contributed by atoms with Crippen LogP contribution < -0.4 is 5.32 Å². The van der Waals surface area contributed by atoms with Gasteiger partial charge in [-0.05, 0) is 37.6 Å². The van der Waals surface area contributed by atoms with Crippen LogP contribution in [0.25, 0.3) is 22.3 Å². The molecule has 174 valence electrons. The number of sulfone groups is 1. The van der Waals surface area contributed by atoms with Crippen molar-refractivity contribution in [3.63, 3.8) is 0 Å². The second kappa shape index (κ2) is 8.69. The second-order valence-electron chi connectivity index (χ2n) is 8.28. The van der Waals surface area contributed by atoms with Crippen molar-refractivity contribution in [2.45, 2.75) is 19.4 Å². The van der Waals surface area contributed by atoms with Gasteiger partial charge < -0.3 is 5.32 Å². The molecule has 1 atom stereocenters. The minimum absolute atomic E-state index is 0.000116. The molecule has 0 spiro atoms. The van der Waals surface area contributed by atoms with E-state index in [1.54, 1.807) is 35.9 Å². The highest BCUT2D eigenvalue weighted by molar-refractivity contribution is 7.91. The lowest BCUT2D eigenvalue weighted by Crippen LogP contribution is -2.15. The third-order valence-corrected chi connectivity index (χ3v) is 8.20. The van der Waals surface area contributed by atoms with Crippen LogP contribution in [0.3, 0.4) is 0 Å². The lowest BCUT2D eigenvalue weighted by Gasteiger charge is -2.13. The van der Waals surface area contributed by atoms with Gasteiger partial charge in [-0.15, -0.1) is 0 Å². The number of carbonyl (C=O) groups excluding carboxylic acids is 1. The predicted octanol–water partition coefficient (Wildman–Crippen LogP) is 5.33. The van der Waals surface area contributed by atoms with E-state index in [9.17, 15) is 13.2 Å². The fourth-order valence-corrected chi connectivity index (χ4v) is 6.28. The van der Waals surface area contributed by atoms with Gasteiger partial charge in [-0.3, -0.25) is 4.79 Å². The molecule has 1 unspecified atom stereocenters. The molecule has 34 heavy (non-hydrogen) atoms. The first-order valence-electron chi connectivity index (χ1n) is 10.6. The molecule has 3 heterocycles. The standard InChI is InChI=1S/C24H20Cl2N4O3S/c1-14-22-18(24(31)28-21-11-16(25)7-8-19(21)26)12-20(15-5-3-2-4-6-15)27-23(22)30(29-14)17-9-10-34(32,33)13-17/h2-8,11-12,17H,9-10,13H2,1H3,(H,28,31). The number of carbonyl (C=O) groups is 1. The van der Waals surface area contributed by atoms with E-state index in [1.807, 2.05) is 30.3 Å². The molecular weight excluding hydrogens is 495 g/mol. The summed E-state index contributed by atoms with van der Waals surface area (Å²) >= 11 is 12.4. The summed E-state index contributed by atoms with van der Waals surface area (Å²) < 4.78 is 25.9. The zero-order valence-corrected chi connectivity index (χ0v) is 20.5. The third kappa shape index (κ3) is 4.29. The van der Waals surface area contributed by atoms with E-state index in [1.165, 1.54) is 0 Å². The molecule has 10 heteroatoms. The summed E-state index contributed by atoms with van der Waals surface area (Å²) in [6.45, 7) is 1.79. The number of halogens is 2. The molecule has 2 aromatic carbocycles. The van der Waals surface area contributed by atoms with E-state index < -0.39 is 15.7 Å². The zero-order valence-electron chi connectivity index (χ0n) is 18.1. The molecule has 1 N–H and O–H groups in total. The molecule has 5 rings (SSSR count). The van der Waals surface area contributed by atoms with Crippen molar-refractivity contribution < 1.29 is 13.2 Å². The van der Waals surface area contributed by atoms with Crippen LogP contribution in [0.5, 0.6) is 0 Å². The number of nitrogens with zero attached hydrogens (tertiary/aromatic N) is 3. The molecule has 2 aromatic heterocycles. The van der Waals surface area contributed by atoms with Crippen LogP contribution in [-0.4, -0.2) is 40.6 Å². The molecule has 0 bridgehead atoms. The van der Waals surface area contributed by atoms with Crippen molar-refractivity contribution in [1.29, 1.82) is 0 Å². The highest BCUT2D eigenvalue weighted by Gasteiger charge is 2.32. The van der Waals surface area contributed by atoms with Crippen molar-refractivity contribution in [2.24, 2.45) is 0 Å². The van der Waals surface area contributed by atoms with Crippen LogP contribution in [0.1, 0.15) is 28.5 Å². The monoisotopic (exact) mass is 514 g/mol. The highest BCUT2D eigenvalue weighted by Crippen LogP contribution is 2.33. The Morgan fingerprint density at radius 1 is 1.12 bits per heavy atom. The molecule has 1 fully saturated rings. The summed E-state index contributed by atoms with van der Waals surface area (Å²) in [5, 5.41) is 8.82. The average molecular weight is 515 g/mol. The number of anilines is 1. The lowest BCUT2D eigenvalue weighted by atomic mass is 10.0. The smallest absolute Gasteiger partial charge is 0.256 e. The van der Waals surface area contributed by atoms with Crippen molar-refractivity contribution >= 4 is 55.7 Å². The van der Waals surface area contributed by atoms with E-state index in [-0.39, 0.29) is 17.5 Å². The minimum Gasteiger partial charge on any atom is -0.321 e. The molecule has 1 aliphatic heterocycles. The number of pyridine rings is 1. The maximum Gasteiger partial charge on any atom is 0.256 e. The van der Waals surface area contributed by atoms with Crippen molar-refractivity contribution in [3.05, 3.63) is 75.9 Å². The van der Waals surface area contributed by atoms with Gasteiger partial charge in [0.2, 0.25) is 0 Å². The summed E-state index contributed by atoms with van der Waals surface area (Å²) in [6, 6.07) is 15.7. The highest BCUT2D eigenvalue weighted by atomic mass is 35.5. The average Bonchev–Trinajstić information content (AvgIpc) is 3.35. The summed E-state index contributed by atoms with van der Waals surface area (Å²) in [7, 11) is -3.14. The summed E-state index contributed by atoms with van der Waals surface area (Å²) in [4.78, 5) is 18.3. The molecule has 1 saturated heterocycles. The third-order valence-electron chi connectivity index (χ3n) is 5.88. The number of nitrogens with one attached hydrogen (secondary N) is 1. The van der Waals surface area contributed by atoms with Gasteiger partial charge >= 0.3 is 0 Å². The van der Waals surface area contributed by atoms with Crippen molar-refractivity contribution in [1.82, 2.24) is 14.8 Å². The largest absolute Gasteiger partial charge is 0.321 e. The predicted molar refractivity (Wildman–Crippen MR) is 134 cm³/mol. The zero-order chi connectivity index (χ0) is 24.0. The van der Waals surface area contributed by atoms with E-state index in [0.29, 0.717) is 50.1 Å². The van der Waals surface area contributed by atoms with E-state index in [2.05, 4.69) is 10.4 Å². The Kier molecular flexibility index (Phi) is 5.83. The van der Waals surface area contributed by atoms with E-state index in [4.69, 9.17) is 28.2 Å². The van der Waals surface area contributed by atoms with Crippen LogP contribution in [0.4, 0.5) is 5.69 Å². The first-order chi connectivity index (χ1) is 16.2. The van der Waals surface area contributed by atoms with Crippen LogP contribution in [0.2, 0.25) is 10.0 Å². The topological polar surface area (TPSA) is 93.9 Å². The van der Waals surface area contributed by atoms with Crippen LogP contribution >= 0.6 is 23.2 Å². The van der Waals surface area contributed by atoms with Crippen LogP contribution in [0, 0.1) is 6.92 Å². The molecule has 1 aliphatic rings. The molecule has 0 aliphatic carbocycles. The molecular formula is C24H20Cl2N4O3S. The van der Waals surface area contributed by atoms with Gasteiger partial charge in [0.25, 0.3) is 5.91 Å². The number of aromatic nitrogens is 3. The first-order valence-corrected chi connectivity index (χ1v) is 13.2. The number of fused-ring (bicyclic) bond motifs is 1. The summed E-state index contributed by atoms with van der Waals surface area (Å²) in [5.41, 5.74) is 3.22. The number of aryl methyl sites for hydroxylation is 1. The number of rotatable bonds is 4. The van der Waals surface area contributed by atoms with Gasteiger partial charge in [0.15, 0.2) is 15.5 Å². The fraction of sp³-hybridized carbons (Fsp3) is 0.208. The number of hydrogen-bond donors (Lipinski definition) is 1. The maximum absolute atomic E-state index is 13.5. The molecule has 4 aromatic rings. The number of benzene rings is 2. The van der Waals surface area contributed by atoms with Gasteiger partial charge in [-0.1, -0.05) is 53.5 Å². The van der Waals surface area contributed by atoms with Gasteiger partial charge in [-0.2, -0.15) is 5.10 Å². The van der Waals surface area contributed by atoms with Crippen molar-refractivity contribution in [3.8, 4) is 11.3 Å². The van der Waals surface area contributed by atoms with Gasteiger partial charge in [0, 0.05) is 10.6 Å². The lowest BCUT2D eigenvalue weighted by molar-refractivity contribution is 0.102.